The van der Waals surface area contributed by atoms with Gasteiger partial charge in [0.2, 0.25) is 0 Å². The molecule has 0 saturated carbocycles. The molecule has 0 aliphatic carbocycles. The van der Waals surface area contributed by atoms with Crippen LogP contribution in [-0.4, -0.2) is 37.6 Å². The largest absolute Gasteiger partial charge is 0.368 e. The van der Waals surface area contributed by atoms with Crippen LogP contribution in [-0.2, 0) is 9.53 Å². The minimum atomic E-state index is -0.864. The van der Waals surface area contributed by atoms with Crippen LogP contribution in [0.3, 0.4) is 0 Å². The molecule has 2 amide bonds. The molecule has 0 bridgehead atoms. The fourth-order valence-electron chi connectivity index (χ4n) is 3.10. The molecule has 0 aromatic heterocycles. The molecule has 150 valence electrons. The zero-order valence-electron chi connectivity index (χ0n) is 15.5. The van der Waals surface area contributed by atoms with Gasteiger partial charge in [-0.15, -0.1) is 12.4 Å². The molecule has 6 nitrogen and oxygen atoms in total. The number of hydrogen-bond acceptors (Lipinski definition) is 4. The van der Waals surface area contributed by atoms with Crippen LogP contribution < -0.4 is 16.0 Å². The SMILES string of the molecule is COC1(C(=O)Nc2ccc(Cl)c(C(=O)Nc3ccccc3)c2)CCNCC1.Cl. The summed E-state index contributed by atoms with van der Waals surface area (Å²) in [6, 6.07) is 13.9. The molecule has 8 heteroatoms. The van der Waals surface area contributed by atoms with Crippen molar-refractivity contribution in [1.29, 1.82) is 0 Å². The molecular weight excluding hydrogens is 401 g/mol. The lowest BCUT2D eigenvalue weighted by molar-refractivity contribution is -0.140. The van der Waals surface area contributed by atoms with Gasteiger partial charge in [0.1, 0.15) is 5.60 Å². The normalized spacial score (nSPS) is 15.2. The van der Waals surface area contributed by atoms with Gasteiger partial charge in [-0.1, -0.05) is 29.8 Å². The highest BCUT2D eigenvalue weighted by molar-refractivity contribution is 6.34. The summed E-state index contributed by atoms with van der Waals surface area (Å²) in [6.07, 6.45) is 1.18. The quantitative estimate of drug-likeness (QED) is 0.684. The monoisotopic (exact) mass is 423 g/mol. The molecule has 0 unspecified atom stereocenters. The second-order valence-electron chi connectivity index (χ2n) is 6.42. The van der Waals surface area contributed by atoms with Gasteiger partial charge < -0.3 is 20.7 Å². The highest BCUT2D eigenvalue weighted by atomic mass is 35.5. The average Bonchev–Trinajstić information content (AvgIpc) is 2.70. The van der Waals surface area contributed by atoms with E-state index in [1.807, 2.05) is 18.2 Å². The molecule has 3 N–H and O–H groups in total. The van der Waals surface area contributed by atoms with Crippen molar-refractivity contribution in [2.75, 3.05) is 30.8 Å². The number of carbonyl (C=O) groups is 2. The van der Waals surface area contributed by atoms with Gasteiger partial charge >= 0.3 is 0 Å². The minimum Gasteiger partial charge on any atom is -0.368 e. The summed E-state index contributed by atoms with van der Waals surface area (Å²) < 4.78 is 5.54. The maximum atomic E-state index is 12.8. The van der Waals surface area contributed by atoms with Gasteiger partial charge in [0, 0.05) is 18.5 Å². The molecule has 1 fully saturated rings. The average molecular weight is 424 g/mol. The Balaban J connectivity index is 0.00000280. The van der Waals surface area contributed by atoms with E-state index in [1.54, 1.807) is 37.4 Å². The van der Waals surface area contributed by atoms with Crippen LogP contribution >= 0.6 is 24.0 Å². The van der Waals surface area contributed by atoms with Gasteiger partial charge in [-0.3, -0.25) is 9.59 Å². The smallest absolute Gasteiger partial charge is 0.257 e. The number of nitrogens with one attached hydrogen (secondary N) is 3. The Morgan fingerprint density at radius 1 is 1.04 bits per heavy atom. The summed E-state index contributed by atoms with van der Waals surface area (Å²) in [4.78, 5) is 25.3. The zero-order valence-corrected chi connectivity index (χ0v) is 17.0. The highest BCUT2D eigenvalue weighted by Gasteiger charge is 2.39. The number of amides is 2. The second kappa shape index (κ2) is 9.89. The fourth-order valence-corrected chi connectivity index (χ4v) is 3.30. The van der Waals surface area contributed by atoms with Crippen LogP contribution in [0, 0.1) is 0 Å². The molecule has 1 aliphatic heterocycles. The first-order chi connectivity index (χ1) is 13.0. The molecule has 28 heavy (non-hydrogen) atoms. The van der Waals surface area contributed by atoms with Gasteiger partial charge in [-0.25, -0.2) is 0 Å². The number of hydrogen-bond donors (Lipinski definition) is 3. The van der Waals surface area contributed by atoms with Crippen LogP contribution in [0.25, 0.3) is 0 Å². The summed E-state index contributed by atoms with van der Waals surface area (Å²) in [5.41, 5.74) is 0.589. The highest BCUT2D eigenvalue weighted by Crippen LogP contribution is 2.26. The van der Waals surface area contributed by atoms with Crippen LogP contribution in [0.2, 0.25) is 5.02 Å². The van der Waals surface area contributed by atoms with E-state index in [2.05, 4.69) is 16.0 Å². The van der Waals surface area contributed by atoms with Crippen molar-refractivity contribution < 1.29 is 14.3 Å². The Morgan fingerprint density at radius 2 is 1.71 bits per heavy atom. The van der Waals surface area contributed by atoms with Crippen molar-refractivity contribution in [2.24, 2.45) is 0 Å². The Kier molecular flexibility index (Phi) is 7.83. The number of methoxy groups -OCH3 is 1. The molecule has 0 atom stereocenters. The van der Waals surface area contributed by atoms with Crippen molar-refractivity contribution >= 4 is 47.2 Å². The minimum absolute atomic E-state index is 0. The predicted octanol–water partition coefficient (Wildman–Crippen LogP) is 3.72. The third kappa shape index (κ3) is 5.02. The van der Waals surface area contributed by atoms with Gasteiger partial charge in [0.25, 0.3) is 11.8 Å². The number of rotatable bonds is 5. The van der Waals surface area contributed by atoms with E-state index >= 15 is 0 Å². The van der Waals surface area contributed by atoms with E-state index in [0.29, 0.717) is 42.3 Å². The van der Waals surface area contributed by atoms with E-state index in [-0.39, 0.29) is 29.8 Å². The van der Waals surface area contributed by atoms with Crippen molar-refractivity contribution in [3.63, 3.8) is 0 Å². The fraction of sp³-hybridized carbons (Fsp3) is 0.300. The first-order valence-electron chi connectivity index (χ1n) is 8.77. The van der Waals surface area contributed by atoms with Gasteiger partial charge in [-0.2, -0.15) is 0 Å². The van der Waals surface area contributed by atoms with Gasteiger partial charge in [0.15, 0.2) is 0 Å². The molecule has 1 saturated heterocycles. The maximum Gasteiger partial charge on any atom is 0.257 e. The van der Waals surface area contributed by atoms with E-state index in [4.69, 9.17) is 16.3 Å². The third-order valence-corrected chi connectivity index (χ3v) is 5.05. The Morgan fingerprint density at radius 3 is 2.36 bits per heavy atom. The number of halogens is 2. The molecule has 0 spiro atoms. The summed E-state index contributed by atoms with van der Waals surface area (Å²) in [6.45, 7) is 1.43. The lowest BCUT2D eigenvalue weighted by Crippen LogP contribution is -2.51. The Hall–Kier alpha value is -2.12. The first kappa shape index (κ1) is 22.2. The third-order valence-electron chi connectivity index (χ3n) is 4.72. The van der Waals surface area contributed by atoms with Crippen molar-refractivity contribution in [3.05, 3.63) is 59.1 Å². The van der Waals surface area contributed by atoms with E-state index in [1.165, 1.54) is 0 Å². The van der Waals surface area contributed by atoms with Crippen molar-refractivity contribution in [2.45, 2.75) is 18.4 Å². The van der Waals surface area contributed by atoms with Crippen LogP contribution in [0.4, 0.5) is 11.4 Å². The van der Waals surface area contributed by atoms with Crippen molar-refractivity contribution in [1.82, 2.24) is 5.32 Å². The second-order valence-corrected chi connectivity index (χ2v) is 6.82. The van der Waals surface area contributed by atoms with Crippen LogP contribution in [0.5, 0.6) is 0 Å². The van der Waals surface area contributed by atoms with Crippen molar-refractivity contribution in [3.8, 4) is 0 Å². The number of benzene rings is 2. The number of piperidine rings is 1. The lowest BCUT2D eigenvalue weighted by Gasteiger charge is -2.34. The summed E-state index contributed by atoms with van der Waals surface area (Å²) in [5.74, 6) is -0.561. The summed E-state index contributed by atoms with van der Waals surface area (Å²) in [7, 11) is 1.55. The molecule has 1 aliphatic rings. The van der Waals surface area contributed by atoms with E-state index in [0.717, 1.165) is 0 Å². The topological polar surface area (TPSA) is 79.5 Å². The Bertz CT molecular complexity index is 825. The molecule has 3 rings (SSSR count). The number of ether oxygens (including phenoxy) is 1. The first-order valence-corrected chi connectivity index (χ1v) is 9.15. The zero-order chi connectivity index (χ0) is 19.3. The standard InChI is InChI=1S/C20H22ClN3O3.ClH/c1-27-20(9-11-22-12-10-20)19(26)24-15-7-8-17(21)16(13-15)18(25)23-14-5-3-2-4-6-14;/h2-8,13,22H,9-12H2,1H3,(H,23,25)(H,24,26);1H. The van der Waals surface area contributed by atoms with E-state index in [9.17, 15) is 9.59 Å². The number of anilines is 2. The van der Waals surface area contributed by atoms with Gasteiger partial charge in [0.05, 0.1) is 10.6 Å². The van der Waals surface area contributed by atoms with E-state index < -0.39 is 5.60 Å². The number of carbonyl (C=O) groups excluding carboxylic acids is 2. The van der Waals surface area contributed by atoms with Crippen LogP contribution in [0.1, 0.15) is 23.2 Å². The molecule has 0 radical (unpaired) electrons. The van der Waals surface area contributed by atoms with Crippen LogP contribution in [0.15, 0.2) is 48.5 Å². The Labute approximate surface area is 175 Å². The number of para-hydroxylation sites is 1. The molecular formula is C20H23Cl2N3O3. The predicted molar refractivity (Wildman–Crippen MR) is 114 cm³/mol. The maximum absolute atomic E-state index is 12.8. The lowest BCUT2D eigenvalue weighted by atomic mass is 9.91. The molecule has 2 aromatic rings. The summed E-state index contributed by atoms with van der Waals surface area (Å²) in [5, 5.41) is 9.18. The van der Waals surface area contributed by atoms with Gasteiger partial charge in [-0.05, 0) is 56.3 Å². The molecule has 2 aromatic carbocycles. The molecule has 1 heterocycles. The summed E-state index contributed by atoms with van der Waals surface area (Å²) >= 11 is 6.19.